The minimum atomic E-state index is -4.17. The van der Waals surface area contributed by atoms with E-state index in [1.165, 1.54) is 36.8 Å². The Morgan fingerprint density at radius 2 is 2.12 bits per heavy atom. The van der Waals surface area contributed by atoms with Gasteiger partial charge in [0.05, 0.1) is 0 Å². The van der Waals surface area contributed by atoms with Crippen molar-refractivity contribution in [2.24, 2.45) is 23.2 Å². The molecule has 0 aromatic heterocycles. The van der Waals surface area contributed by atoms with Crippen LogP contribution >= 0.6 is 17.2 Å². The maximum absolute atomic E-state index is 9.43. The van der Waals surface area contributed by atoms with Crippen LogP contribution in [0.5, 0.6) is 0 Å². The molecule has 0 radical (unpaired) electrons. The van der Waals surface area contributed by atoms with E-state index in [0.29, 0.717) is 11.3 Å². The average Bonchev–Trinajstić information content (AvgIpc) is 2.53. The first-order chi connectivity index (χ1) is 12.2. The molecule has 2 aliphatic carbocycles. The van der Waals surface area contributed by atoms with Crippen molar-refractivity contribution >= 4 is 17.2 Å². The average molecular weight is 406 g/mol. The topological polar surface area (TPSA) is 79.2 Å². The molecule has 3 N–H and O–H groups in total. The third-order valence-electron chi connectivity index (χ3n) is 6.43. The molecule has 2 fully saturated rings. The first-order valence-corrected chi connectivity index (χ1v) is 12.2. The Morgan fingerprint density at radius 3 is 2.81 bits per heavy atom. The predicted molar refractivity (Wildman–Crippen MR) is 110 cm³/mol. The molecule has 0 bridgehead atoms. The second kappa shape index (κ2) is 9.56. The van der Waals surface area contributed by atoms with Crippen LogP contribution in [0.3, 0.4) is 0 Å². The summed E-state index contributed by atoms with van der Waals surface area (Å²) in [5.41, 5.74) is 3.04. The van der Waals surface area contributed by atoms with Gasteiger partial charge in [-0.1, -0.05) is 0 Å². The molecule has 0 aliphatic heterocycles. The maximum atomic E-state index is 9.43. The zero-order valence-electron chi connectivity index (χ0n) is 16.3. The monoisotopic (exact) mass is 406 g/mol. The van der Waals surface area contributed by atoms with E-state index in [9.17, 15) is 9.79 Å². The summed E-state index contributed by atoms with van der Waals surface area (Å²) >= 11 is 0. The molecule has 7 heteroatoms. The van der Waals surface area contributed by atoms with E-state index in [4.69, 9.17) is 9.42 Å². The number of allylic oxidation sites excluding steroid dienone is 2. The normalized spacial score (nSPS) is 30.6. The molecular weight excluding hydrogens is 370 g/mol. The van der Waals surface area contributed by atoms with Gasteiger partial charge in [-0.2, -0.15) is 0 Å². The van der Waals surface area contributed by atoms with Crippen LogP contribution in [0.1, 0.15) is 65.7 Å². The van der Waals surface area contributed by atoms with Gasteiger partial charge in [-0.25, -0.2) is 0 Å². The molecule has 0 heterocycles. The number of fused-ring (bicyclic) bond motifs is 1. The minimum absolute atomic E-state index is 0.0836. The second-order valence-electron chi connectivity index (χ2n) is 8.60. The van der Waals surface area contributed by atoms with E-state index in [1.807, 2.05) is 13.0 Å². The molecule has 2 rings (SSSR count). The third kappa shape index (κ3) is 6.07. The molecule has 2 unspecified atom stereocenters. The zero-order chi connectivity index (χ0) is 19.4. The van der Waals surface area contributed by atoms with Gasteiger partial charge in [-0.05, 0) is 0 Å². The van der Waals surface area contributed by atoms with Gasteiger partial charge >= 0.3 is 160 Å². The molecule has 4 atom stereocenters. The molecule has 2 aliphatic rings. The van der Waals surface area contributed by atoms with Gasteiger partial charge in [0.25, 0.3) is 0 Å². The van der Waals surface area contributed by atoms with Crippen molar-refractivity contribution in [1.82, 2.24) is 0 Å². The van der Waals surface area contributed by atoms with Crippen LogP contribution < -0.4 is 0 Å². The standard InChI is InChI=1S/C19H36O5P2/c1-14(11-13-23-26(21,22)24-25-20)7-9-16-15(2)8-10-18-17(16)6-5-12-19(18,3)4/h11,16-18,20-22,25-26H,2,5-10,12-13H2,1,3-4H3/b14-11+/t16-,17?,18+/m1/s1. The van der Waals surface area contributed by atoms with Crippen molar-refractivity contribution in [2.45, 2.75) is 65.7 Å². The van der Waals surface area contributed by atoms with Crippen molar-refractivity contribution in [3.63, 3.8) is 0 Å². The summed E-state index contributed by atoms with van der Waals surface area (Å²) in [6, 6.07) is 0. The molecular formula is C19H36O5P2. The van der Waals surface area contributed by atoms with E-state index in [2.05, 4.69) is 24.7 Å². The van der Waals surface area contributed by atoms with Crippen molar-refractivity contribution in [1.29, 1.82) is 0 Å². The third-order valence-corrected chi connectivity index (χ3v) is 8.40. The van der Waals surface area contributed by atoms with E-state index in [-0.39, 0.29) is 6.61 Å². The predicted octanol–water partition coefficient (Wildman–Crippen LogP) is 5.05. The molecule has 5 nitrogen and oxygen atoms in total. The SMILES string of the molecule is C=C1CC[C@H]2C(CCCC2(C)C)[C@@H]1CC/C(C)=C/CO[PH](O)(O)OPO. The van der Waals surface area contributed by atoms with Crippen LogP contribution in [0, 0.1) is 23.2 Å². The Morgan fingerprint density at radius 1 is 1.38 bits per heavy atom. The Bertz CT molecular complexity index is 518. The first-order valence-electron chi connectivity index (χ1n) is 9.65. The molecule has 0 saturated heterocycles. The molecule has 0 aromatic carbocycles. The fourth-order valence-corrected chi connectivity index (χ4v) is 5.97. The van der Waals surface area contributed by atoms with Gasteiger partial charge in [0.1, 0.15) is 0 Å². The number of rotatable bonds is 8. The van der Waals surface area contributed by atoms with Gasteiger partial charge in [0, 0.05) is 0 Å². The van der Waals surface area contributed by atoms with Crippen LogP contribution in [0.25, 0.3) is 0 Å². The van der Waals surface area contributed by atoms with Crippen molar-refractivity contribution in [3.8, 4) is 0 Å². The quantitative estimate of drug-likeness (QED) is 0.388. The van der Waals surface area contributed by atoms with E-state index in [1.54, 1.807) is 0 Å². The fourth-order valence-electron chi connectivity index (χ4n) is 4.96. The number of hydrogen-bond acceptors (Lipinski definition) is 5. The van der Waals surface area contributed by atoms with Gasteiger partial charge in [-0.15, -0.1) is 0 Å². The van der Waals surface area contributed by atoms with Crippen molar-refractivity contribution in [3.05, 3.63) is 23.8 Å². The first kappa shape index (κ1) is 22.4. The van der Waals surface area contributed by atoms with Gasteiger partial charge in [0.15, 0.2) is 0 Å². The zero-order valence-corrected chi connectivity index (χ0v) is 18.3. The van der Waals surface area contributed by atoms with Gasteiger partial charge in [0.2, 0.25) is 0 Å². The summed E-state index contributed by atoms with van der Waals surface area (Å²) in [6.07, 6.45) is 10.4. The molecule has 152 valence electrons. The summed E-state index contributed by atoms with van der Waals surface area (Å²) in [4.78, 5) is 27.5. The summed E-state index contributed by atoms with van der Waals surface area (Å²) in [7, 11) is -5.16. The summed E-state index contributed by atoms with van der Waals surface area (Å²) in [5.74, 6) is 2.17. The second-order valence-corrected chi connectivity index (χ2v) is 11.0. The van der Waals surface area contributed by atoms with E-state index >= 15 is 0 Å². The molecule has 2 saturated carbocycles. The summed E-state index contributed by atoms with van der Waals surface area (Å²) in [6.45, 7) is 11.4. The van der Waals surface area contributed by atoms with Crippen molar-refractivity contribution < 1.29 is 23.5 Å². The Kier molecular flexibility index (Phi) is 8.25. The Hall–Kier alpha value is 0.140. The van der Waals surface area contributed by atoms with Crippen LogP contribution in [-0.4, -0.2) is 21.3 Å². The Labute approximate surface area is 160 Å². The van der Waals surface area contributed by atoms with Gasteiger partial charge < -0.3 is 0 Å². The molecule has 0 amide bonds. The molecule has 26 heavy (non-hydrogen) atoms. The number of hydrogen-bond donors (Lipinski definition) is 3. The molecule has 0 spiro atoms. The summed E-state index contributed by atoms with van der Waals surface area (Å²) in [5, 5.41) is 0. The van der Waals surface area contributed by atoms with E-state index < -0.39 is 17.2 Å². The van der Waals surface area contributed by atoms with Gasteiger partial charge in [-0.3, -0.25) is 0 Å². The van der Waals surface area contributed by atoms with Crippen LogP contribution in [0.4, 0.5) is 0 Å². The molecule has 0 aromatic rings. The van der Waals surface area contributed by atoms with Crippen LogP contribution in [-0.2, 0) is 8.83 Å². The van der Waals surface area contributed by atoms with Crippen LogP contribution in [0.15, 0.2) is 23.8 Å². The fraction of sp³-hybridized carbons (Fsp3) is 0.789. The summed E-state index contributed by atoms with van der Waals surface area (Å²) < 4.78 is 9.38. The van der Waals surface area contributed by atoms with E-state index in [0.717, 1.165) is 31.1 Å². The Balaban J connectivity index is 1.88. The van der Waals surface area contributed by atoms with Crippen LogP contribution in [0.2, 0.25) is 0 Å². The van der Waals surface area contributed by atoms with Crippen molar-refractivity contribution in [2.75, 3.05) is 6.61 Å².